The van der Waals surface area contributed by atoms with Gasteiger partial charge in [-0.2, -0.15) is 0 Å². The van der Waals surface area contributed by atoms with E-state index in [1.807, 2.05) is 0 Å². The lowest BCUT2D eigenvalue weighted by Crippen LogP contribution is -2.23. The standard InChI is InChI=1S/C14H22FN3/c1-3-6-16-9-12-4-7-17-14(13(12)15)18-8-5-11(2)10-18/h4,7,11,16H,3,5-6,8-10H2,1-2H3. The third kappa shape index (κ3) is 2.99. The molecule has 1 N–H and O–H groups in total. The Morgan fingerprint density at radius 2 is 2.39 bits per heavy atom. The second-order valence-corrected chi connectivity index (χ2v) is 5.12. The molecule has 0 bridgehead atoms. The Bertz CT molecular complexity index is 395. The van der Waals surface area contributed by atoms with Crippen molar-refractivity contribution in [3.8, 4) is 0 Å². The average molecular weight is 251 g/mol. The molecule has 4 heteroatoms. The molecule has 0 amide bonds. The third-order valence-corrected chi connectivity index (χ3v) is 3.42. The first-order valence-corrected chi connectivity index (χ1v) is 6.81. The van der Waals surface area contributed by atoms with E-state index in [1.54, 1.807) is 12.3 Å². The fraction of sp³-hybridized carbons (Fsp3) is 0.643. The van der Waals surface area contributed by atoms with Crippen molar-refractivity contribution in [3.63, 3.8) is 0 Å². The van der Waals surface area contributed by atoms with Crippen LogP contribution in [-0.2, 0) is 6.54 Å². The Labute approximate surface area is 108 Å². The van der Waals surface area contributed by atoms with E-state index in [0.29, 0.717) is 23.8 Å². The van der Waals surface area contributed by atoms with Gasteiger partial charge in [-0.3, -0.25) is 0 Å². The van der Waals surface area contributed by atoms with Crippen molar-refractivity contribution < 1.29 is 4.39 Å². The molecular weight excluding hydrogens is 229 g/mol. The minimum absolute atomic E-state index is 0.157. The van der Waals surface area contributed by atoms with Gasteiger partial charge < -0.3 is 10.2 Å². The van der Waals surface area contributed by atoms with E-state index >= 15 is 0 Å². The minimum atomic E-state index is -0.157. The Kier molecular flexibility index (Phi) is 4.53. The van der Waals surface area contributed by atoms with Crippen LogP contribution in [0.5, 0.6) is 0 Å². The molecule has 0 saturated carbocycles. The van der Waals surface area contributed by atoms with Crippen molar-refractivity contribution >= 4 is 5.82 Å². The highest BCUT2D eigenvalue weighted by atomic mass is 19.1. The monoisotopic (exact) mass is 251 g/mol. The summed E-state index contributed by atoms with van der Waals surface area (Å²) < 4.78 is 14.3. The average Bonchev–Trinajstić information content (AvgIpc) is 2.78. The van der Waals surface area contributed by atoms with Crippen molar-refractivity contribution in [2.75, 3.05) is 24.5 Å². The Morgan fingerprint density at radius 3 is 3.06 bits per heavy atom. The smallest absolute Gasteiger partial charge is 0.170 e. The SMILES string of the molecule is CCCNCc1ccnc(N2CCC(C)C2)c1F. The lowest BCUT2D eigenvalue weighted by Gasteiger charge is -2.18. The van der Waals surface area contributed by atoms with Crippen LogP contribution in [0.15, 0.2) is 12.3 Å². The van der Waals surface area contributed by atoms with Crippen molar-refractivity contribution in [2.24, 2.45) is 5.92 Å². The van der Waals surface area contributed by atoms with Gasteiger partial charge in [0.05, 0.1) is 0 Å². The molecule has 100 valence electrons. The minimum Gasteiger partial charge on any atom is -0.354 e. The van der Waals surface area contributed by atoms with E-state index in [4.69, 9.17) is 0 Å². The number of pyridine rings is 1. The number of anilines is 1. The summed E-state index contributed by atoms with van der Waals surface area (Å²) in [4.78, 5) is 6.27. The maximum Gasteiger partial charge on any atom is 0.170 e. The van der Waals surface area contributed by atoms with E-state index in [0.717, 1.165) is 32.5 Å². The highest BCUT2D eigenvalue weighted by molar-refractivity contribution is 5.44. The number of nitrogens with one attached hydrogen (secondary N) is 1. The van der Waals surface area contributed by atoms with Crippen molar-refractivity contribution in [1.29, 1.82) is 0 Å². The van der Waals surface area contributed by atoms with Crippen LogP contribution < -0.4 is 10.2 Å². The Morgan fingerprint density at radius 1 is 1.56 bits per heavy atom. The second kappa shape index (κ2) is 6.14. The van der Waals surface area contributed by atoms with Crippen LogP contribution in [0.3, 0.4) is 0 Å². The zero-order valence-corrected chi connectivity index (χ0v) is 11.2. The van der Waals surface area contributed by atoms with Gasteiger partial charge in [0.15, 0.2) is 11.6 Å². The topological polar surface area (TPSA) is 28.2 Å². The first kappa shape index (κ1) is 13.3. The van der Waals surface area contributed by atoms with E-state index in [1.165, 1.54) is 0 Å². The lowest BCUT2D eigenvalue weighted by atomic mass is 10.2. The first-order valence-electron chi connectivity index (χ1n) is 6.81. The van der Waals surface area contributed by atoms with Crippen LogP contribution in [0, 0.1) is 11.7 Å². The van der Waals surface area contributed by atoms with Crippen LogP contribution in [0.4, 0.5) is 10.2 Å². The predicted octanol–water partition coefficient (Wildman–Crippen LogP) is 2.57. The number of hydrogen-bond donors (Lipinski definition) is 1. The molecule has 3 nitrogen and oxygen atoms in total. The van der Waals surface area contributed by atoms with Gasteiger partial charge in [0.1, 0.15) is 0 Å². The van der Waals surface area contributed by atoms with Gasteiger partial charge in [-0.05, 0) is 31.4 Å². The molecule has 1 aromatic rings. The molecular formula is C14H22FN3. The summed E-state index contributed by atoms with van der Waals surface area (Å²) in [6.07, 6.45) is 3.90. The lowest BCUT2D eigenvalue weighted by molar-refractivity contribution is 0.576. The fourth-order valence-electron chi connectivity index (χ4n) is 2.36. The predicted molar refractivity (Wildman–Crippen MR) is 72.2 cm³/mol. The van der Waals surface area contributed by atoms with Crippen LogP contribution in [0.1, 0.15) is 32.3 Å². The van der Waals surface area contributed by atoms with Gasteiger partial charge >= 0.3 is 0 Å². The summed E-state index contributed by atoms with van der Waals surface area (Å²) in [7, 11) is 0. The number of rotatable bonds is 5. The quantitative estimate of drug-likeness (QED) is 0.815. The first-order chi connectivity index (χ1) is 8.72. The summed E-state index contributed by atoms with van der Waals surface area (Å²) in [6.45, 7) is 7.63. The summed E-state index contributed by atoms with van der Waals surface area (Å²) in [5.41, 5.74) is 0.716. The number of nitrogens with zero attached hydrogens (tertiary/aromatic N) is 2. The molecule has 1 aromatic heterocycles. The molecule has 1 aliphatic rings. The molecule has 1 unspecified atom stereocenters. The van der Waals surface area contributed by atoms with Gasteiger partial charge in [0, 0.05) is 31.4 Å². The van der Waals surface area contributed by atoms with E-state index < -0.39 is 0 Å². The fourth-order valence-corrected chi connectivity index (χ4v) is 2.36. The van der Waals surface area contributed by atoms with Crippen LogP contribution >= 0.6 is 0 Å². The van der Waals surface area contributed by atoms with E-state index in [2.05, 4.69) is 29.0 Å². The van der Waals surface area contributed by atoms with Crippen molar-refractivity contribution in [1.82, 2.24) is 10.3 Å². The molecule has 0 aromatic carbocycles. The number of hydrogen-bond acceptors (Lipinski definition) is 3. The largest absolute Gasteiger partial charge is 0.354 e. The molecule has 1 aliphatic heterocycles. The third-order valence-electron chi connectivity index (χ3n) is 3.42. The summed E-state index contributed by atoms with van der Waals surface area (Å²) >= 11 is 0. The summed E-state index contributed by atoms with van der Waals surface area (Å²) in [5, 5.41) is 3.23. The second-order valence-electron chi connectivity index (χ2n) is 5.12. The maximum absolute atomic E-state index is 14.3. The zero-order chi connectivity index (χ0) is 13.0. The highest BCUT2D eigenvalue weighted by Gasteiger charge is 2.23. The van der Waals surface area contributed by atoms with Gasteiger partial charge in [0.25, 0.3) is 0 Å². The molecule has 1 saturated heterocycles. The van der Waals surface area contributed by atoms with Crippen LogP contribution in [0.2, 0.25) is 0 Å². The van der Waals surface area contributed by atoms with Gasteiger partial charge in [0.2, 0.25) is 0 Å². The van der Waals surface area contributed by atoms with Crippen LogP contribution in [-0.4, -0.2) is 24.6 Å². The molecule has 0 spiro atoms. The van der Waals surface area contributed by atoms with Gasteiger partial charge in [-0.25, -0.2) is 9.37 Å². The molecule has 1 fully saturated rings. The summed E-state index contributed by atoms with van der Waals surface area (Å²) in [6, 6.07) is 1.76. The highest BCUT2D eigenvalue weighted by Crippen LogP contribution is 2.25. The molecule has 18 heavy (non-hydrogen) atoms. The van der Waals surface area contributed by atoms with Crippen molar-refractivity contribution in [3.05, 3.63) is 23.6 Å². The Hall–Kier alpha value is -1.16. The Balaban J connectivity index is 2.09. The van der Waals surface area contributed by atoms with E-state index in [9.17, 15) is 4.39 Å². The van der Waals surface area contributed by atoms with Gasteiger partial charge in [-0.15, -0.1) is 0 Å². The molecule has 1 atom stereocenters. The van der Waals surface area contributed by atoms with Crippen LogP contribution in [0.25, 0.3) is 0 Å². The zero-order valence-electron chi connectivity index (χ0n) is 11.2. The maximum atomic E-state index is 14.3. The molecule has 0 radical (unpaired) electrons. The number of halogens is 1. The van der Waals surface area contributed by atoms with E-state index in [-0.39, 0.29) is 5.82 Å². The molecule has 2 heterocycles. The normalized spacial score (nSPS) is 19.5. The molecule has 0 aliphatic carbocycles. The molecule has 2 rings (SSSR count). The number of aromatic nitrogens is 1. The van der Waals surface area contributed by atoms with Crippen molar-refractivity contribution in [2.45, 2.75) is 33.2 Å². The summed E-state index contributed by atoms with van der Waals surface area (Å²) in [5.74, 6) is 0.999. The van der Waals surface area contributed by atoms with Gasteiger partial charge in [-0.1, -0.05) is 13.8 Å².